The Labute approximate surface area is 308 Å². The summed E-state index contributed by atoms with van der Waals surface area (Å²) in [6, 6.07) is 14.3. The topological polar surface area (TPSA) is 78.7 Å². The molecule has 0 fully saturated rings. The Morgan fingerprint density at radius 3 is 2.67 bits per heavy atom. The second-order valence-corrected chi connectivity index (χ2v) is 13.5. The molecule has 8 nitrogen and oxygen atoms in total. The van der Waals surface area contributed by atoms with Crippen molar-refractivity contribution in [3.8, 4) is 16.9 Å². The van der Waals surface area contributed by atoms with E-state index in [4.69, 9.17) is 16.3 Å². The molecule has 0 aliphatic rings. The highest BCUT2D eigenvalue weighted by atomic mass is 35.5. The number of hydrogen-bond acceptors (Lipinski definition) is 7. The van der Waals surface area contributed by atoms with Crippen molar-refractivity contribution in [2.75, 3.05) is 45.2 Å². The van der Waals surface area contributed by atoms with Gasteiger partial charge >= 0.3 is 0 Å². The zero-order valence-electron chi connectivity index (χ0n) is 30.9. The van der Waals surface area contributed by atoms with E-state index in [2.05, 4.69) is 81.9 Å². The summed E-state index contributed by atoms with van der Waals surface area (Å²) in [7, 11) is 2.20. The van der Waals surface area contributed by atoms with Gasteiger partial charge in [-0.25, -0.2) is 14.4 Å². The Bertz CT molecular complexity index is 1780. The fraction of sp³-hybridized carbons (Fsp3) is 0.415. The van der Waals surface area contributed by atoms with E-state index >= 15 is 0 Å². The SMILES string of the molecule is C\C=C(/C=C\C=C(/C)F)COc1ccc(Nc2ncnc3ccc(-c4ccn(CC(O)CN(CC)CCCC(C)N(C)CCC)c4)cc23)cc1Cl. The largest absolute Gasteiger partial charge is 0.487 e. The third-order valence-electron chi connectivity index (χ3n) is 9.08. The van der Waals surface area contributed by atoms with Gasteiger partial charge in [0.1, 0.15) is 24.5 Å². The second-order valence-electron chi connectivity index (χ2n) is 13.1. The molecular weight excluding hydrogens is 663 g/mol. The van der Waals surface area contributed by atoms with E-state index < -0.39 is 6.10 Å². The Kier molecular flexibility index (Phi) is 15.7. The third kappa shape index (κ3) is 12.3. The van der Waals surface area contributed by atoms with E-state index in [0.29, 0.717) is 42.3 Å². The number of halogens is 2. The lowest BCUT2D eigenvalue weighted by atomic mass is 10.1. The Morgan fingerprint density at radius 1 is 1.12 bits per heavy atom. The molecule has 2 aromatic carbocycles. The normalized spacial score (nSPS) is 13.9. The quantitative estimate of drug-likeness (QED) is 0.0883. The van der Waals surface area contributed by atoms with Crippen molar-refractivity contribution in [1.29, 1.82) is 0 Å². The molecule has 0 saturated heterocycles. The van der Waals surface area contributed by atoms with Crippen LogP contribution in [-0.4, -0.2) is 81.4 Å². The average Bonchev–Trinajstić information content (AvgIpc) is 3.58. The van der Waals surface area contributed by atoms with Gasteiger partial charge in [-0.2, -0.15) is 0 Å². The maximum atomic E-state index is 13.0. The first-order valence-electron chi connectivity index (χ1n) is 18.0. The van der Waals surface area contributed by atoms with Crippen LogP contribution in [0, 0.1) is 0 Å². The van der Waals surface area contributed by atoms with Crippen LogP contribution in [0.2, 0.25) is 5.02 Å². The molecule has 0 bridgehead atoms. The molecule has 4 rings (SSSR count). The minimum atomic E-state index is -0.467. The van der Waals surface area contributed by atoms with E-state index in [1.165, 1.54) is 25.7 Å². The van der Waals surface area contributed by atoms with Gasteiger partial charge in [0.2, 0.25) is 0 Å². The van der Waals surface area contributed by atoms with Crippen LogP contribution in [-0.2, 0) is 6.54 Å². The lowest BCUT2D eigenvalue weighted by Crippen LogP contribution is -2.36. The van der Waals surface area contributed by atoms with E-state index in [9.17, 15) is 9.50 Å². The number of fused-ring (bicyclic) bond motifs is 1. The number of aliphatic hydroxyl groups excluding tert-OH is 1. The Balaban J connectivity index is 1.38. The van der Waals surface area contributed by atoms with Gasteiger partial charge in [0.25, 0.3) is 0 Å². The van der Waals surface area contributed by atoms with Gasteiger partial charge < -0.3 is 29.5 Å². The molecule has 2 N–H and O–H groups in total. The van der Waals surface area contributed by atoms with Gasteiger partial charge in [0.15, 0.2) is 0 Å². The summed E-state index contributed by atoms with van der Waals surface area (Å²) in [5.74, 6) is 0.938. The van der Waals surface area contributed by atoms with Gasteiger partial charge in [-0.1, -0.05) is 49.7 Å². The van der Waals surface area contributed by atoms with Crippen molar-refractivity contribution >= 4 is 34.0 Å². The summed E-state index contributed by atoms with van der Waals surface area (Å²) in [6.07, 6.45) is 15.4. The van der Waals surface area contributed by atoms with Crippen molar-refractivity contribution in [3.63, 3.8) is 0 Å². The lowest BCUT2D eigenvalue weighted by molar-refractivity contribution is 0.0982. The van der Waals surface area contributed by atoms with Crippen LogP contribution >= 0.6 is 11.6 Å². The fourth-order valence-corrected chi connectivity index (χ4v) is 6.20. The van der Waals surface area contributed by atoms with Crippen LogP contribution in [0.25, 0.3) is 22.0 Å². The van der Waals surface area contributed by atoms with Crippen molar-refractivity contribution in [2.24, 2.45) is 0 Å². The summed E-state index contributed by atoms with van der Waals surface area (Å²) in [5, 5.41) is 15.7. The van der Waals surface area contributed by atoms with Crippen LogP contribution in [0.5, 0.6) is 5.75 Å². The molecule has 0 spiro atoms. The first-order chi connectivity index (χ1) is 24.6. The van der Waals surface area contributed by atoms with Crippen molar-refractivity contribution in [2.45, 2.75) is 72.6 Å². The summed E-state index contributed by atoms with van der Waals surface area (Å²) >= 11 is 6.60. The maximum absolute atomic E-state index is 13.0. The number of likely N-dealkylation sites (N-methyl/N-ethyl adjacent to an activating group) is 1. The minimum Gasteiger partial charge on any atom is -0.487 e. The number of benzene rings is 2. The number of allylic oxidation sites excluding steroid dienone is 4. The molecule has 2 unspecified atom stereocenters. The Hall–Kier alpha value is -4.02. The van der Waals surface area contributed by atoms with Crippen LogP contribution in [0.1, 0.15) is 53.9 Å². The van der Waals surface area contributed by atoms with Crippen molar-refractivity contribution in [1.82, 2.24) is 24.3 Å². The van der Waals surface area contributed by atoms with E-state index in [1.807, 2.05) is 37.4 Å². The van der Waals surface area contributed by atoms with Crippen LogP contribution in [0.4, 0.5) is 15.9 Å². The summed E-state index contributed by atoms with van der Waals surface area (Å²) in [4.78, 5) is 13.8. The molecule has 10 heteroatoms. The molecule has 2 atom stereocenters. The van der Waals surface area contributed by atoms with Crippen LogP contribution in [0.3, 0.4) is 0 Å². The summed E-state index contributed by atoms with van der Waals surface area (Å²) in [6.45, 7) is 14.5. The van der Waals surface area contributed by atoms with Gasteiger partial charge in [-0.05, 0) is 126 Å². The second kappa shape index (κ2) is 20.1. The van der Waals surface area contributed by atoms with E-state index in [-0.39, 0.29) is 5.83 Å². The van der Waals surface area contributed by atoms with Gasteiger partial charge in [-0.15, -0.1) is 0 Å². The molecule has 274 valence electrons. The Morgan fingerprint density at radius 2 is 1.94 bits per heavy atom. The minimum absolute atomic E-state index is 0.261. The number of nitrogens with one attached hydrogen (secondary N) is 1. The van der Waals surface area contributed by atoms with Gasteiger partial charge in [0, 0.05) is 42.6 Å². The van der Waals surface area contributed by atoms with E-state index in [0.717, 1.165) is 65.8 Å². The highest BCUT2D eigenvalue weighted by Gasteiger charge is 2.15. The zero-order chi connectivity index (χ0) is 36.8. The lowest BCUT2D eigenvalue weighted by Gasteiger charge is -2.27. The molecule has 51 heavy (non-hydrogen) atoms. The first-order valence-corrected chi connectivity index (χ1v) is 18.3. The third-order valence-corrected chi connectivity index (χ3v) is 9.37. The zero-order valence-corrected chi connectivity index (χ0v) is 31.7. The van der Waals surface area contributed by atoms with Crippen LogP contribution < -0.4 is 10.1 Å². The standard InChI is InChI=1S/C41H54ClFN6O2/c1-7-20-47(6)31(5)13-11-21-48(9-3)26-36(50)27-49-22-19-34(25-49)33-15-17-39-37(23-33)41(45-29-44-39)46-35-16-18-40(38(42)24-35)51-28-32(8-2)14-10-12-30(4)43/h8,10,12,14-19,22-25,29,31,36,50H,7,9,11,13,20-21,26-28H2,1-6H3,(H,44,45,46)/b14-10-,30-12+,32-8+. The van der Waals surface area contributed by atoms with Crippen molar-refractivity contribution in [3.05, 3.63) is 102 Å². The number of hydrogen-bond donors (Lipinski definition) is 2. The monoisotopic (exact) mass is 716 g/mol. The number of anilines is 2. The predicted molar refractivity (Wildman–Crippen MR) is 211 cm³/mol. The molecule has 0 aliphatic heterocycles. The number of aliphatic hydroxyl groups is 1. The molecule has 0 amide bonds. The average molecular weight is 717 g/mol. The van der Waals surface area contributed by atoms with Gasteiger partial charge in [0.05, 0.1) is 22.5 Å². The molecule has 0 saturated carbocycles. The molecule has 4 aromatic rings. The fourth-order valence-electron chi connectivity index (χ4n) is 5.97. The van der Waals surface area contributed by atoms with Gasteiger partial charge in [-0.3, -0.25) is 0 Å². The summed E-state index contributed by atoms with van der Waals surface area (Å²) < 4.78 is 21.0. The molecule has 2 heterocycles. The number of ether oxygens (including phenoxy) is 1. The number of rotatable bonds is 20. The van der Waals surface area contributed by atoms with E-state index in [1.54, 1.807) is 18.2 Å². The number of nitrogens with zero attached hydrogens (tertiary/aromatic N) is 5. The maximum Gasteiger partial charge on any atom is 0.141 e. The first kappa shape index (κ1) is 39.8. The smallest absolute Gasteiger partial charge is 0.141 e. The highest BCUT2D eigenvalue weighted by Crippen LogP contribution is 2.32. The number of aromatic nitrogens is 3. The molecule has 2 aromatic heterocycles. The summed E-state index contributed by atoms with van der Waals surface area (Å²) in [5.41, 5.74) is 4.54. The highest BCUT2D eigenvalue weighted by molar-refractivity contribution is 6.32. The molecule has 0 radical (unpaired) electrons. The van der Waals surface area contributed by atoms with Crippen molar-refractivity contribution < 1.29 is 14.2 Å². The van der Waals surface area contributed by atoms with Crippen LogP contribution in [0.15, 0.2) is 96.9 Å². The molecule has 0 aliphatic carbocycles. The molecular formula is C41H54ClFN6O2. The predicted octanol–water partition coefficient (Wildman–Crippen LogP) is 9.44.